The van der Waals surface area contributed by atoms with Gasteiger partial charge >= 0.3 is 0 Å². The van der Waals surface area contributed by atoms with Crippen molar-refractivity contribution in [2.75, 3.05) is 6.61 Å². The molecular formula is C21H21O2S+. The summed E-state index contributed by atoms with van der Waals surface area (Å²) in [6, 6.07) is 27.3. The van der Waals surface area contributed by atoms with Crippen LogP contribution in [0.25, 0.3) is 0 Å². The second-order valence-electron chi connectivity index (χ2n) is 5.52. The monoisotopic (exact) mass is 337 g/mol. The van der Waals surface area contributed by atoms with E-state index in [9.17, 15) is 4.21 Å². The van der Waals surface area contributed by atoms with Gasteiger partial charge in [-0.25, -0.2) is 0 Å². The lowest BCUT2D eigenvalue weighted by Crippen LogP contribution is -2.15. The van der Waals surface area contributed by atoms with Crippen molar-refractivity contribution < 1.29 is 8.95 Å². The second-order valence-corrected chi connectivity index (χ2v) is 8.10. The van der Waals surface area contributed by atoms with E-state index in [0.717, 1.165) is 21.1 Å². The van der Waals surface area contributed by atoms with Crippen molar-refractivity contribution in [2.45, 2.75) is 22.5 Å². The molecule has 3 rings (SSSR count). The van der Waals surface area contributed by atoms with Gasteiger partial charge in [0, 0.05) is 5.56 Å². The minimum Gasteiger partial charge on any atom is -0.494 e. The van der Waals surface area contributed by atoms with Crippen molar-refractivity contribution in [2.24, 2.45) is 0 Å². The molecule has 0 saturated heterocycles. The van der Waals surface area contributed by atoms with Crippen molar-refractivity contribution in [1.82, 2.24) is 0 Å². The fourth-order valence-electron chi connectivity index (χ4n) is 2.67. The maximum absolute atomic E-state index is 13.9. The molecule has 0 aliphatic heterocycles. The van der Waals surface area contributed by atoms with Gasteiger partial charge in [-0.3, -0.25) is 0 Å². The Hall–Kier alpha value is -2.39. The molecule has 0 unspecified atom stereocenters. The minimum atomic E-state index is -2.37. The van der Waals surface area contributed by atoms with Crippen LogP contribution in [0.5, 0.6) is 5.75 Å². The molecule has 3 aromatic rings. The van der Waals surface area contributed by atoms with E-state index in [1.54, 1.807) is 0 Å². The summed E-state index contributed by atoms with van der Waals surface area (Å²) in [7, 11) is -2.37. The highest BCUT2D eigenvalue weighted by Crippen LogP contribution is 2.32. The fourth-order valence-corrected chi connectivity index (χ4v) is 5.13. The van der Waals surface area contributed by atoms with Crippen LogP contribution < -0.4 is 4.74 Å². The molecular weight excluding hydrogens is 316 g/mol. The highest BCUT2D eigenvalue weighted by molar-refractivity contribution is 8.02. The molecule has 0 radical (unpaired) electrons. The van der Waals surface area contributed by atoms with Gasteiger partial charge in [-0.15, -0.1) is 0 Å². The van der Waals surface area contributed by atoms with Gasteiger partial charge in [0.25, 0.3) is 0 Å². The van der Waals surface area contributed by atoms with Crippen LogP contribution in [0.4, 0.5) is 0 Å². The average molecular weight is 337 g/mol. The van der Waals surface area contributed by atoms with E-state index in [4.69, 9.17) is 4.74 Å². The van der Waals surface area contributed by atoms with Crippen LogP contribution in [0.3, 0.4) is 0 Å². The molecule has 0 bridgehead atoms. The Morgan fingerprint density at radius 2 is 1.25 bits per heavy atom. The molecule has 0 aliphatic rings. The summed E-state index contributed by atoms with van der Waals surface area (Å²) in [5.41, 5.74) is 1.04. The zero-order valence-electron chi connectivity index (χ0n) is 13.7. The van der Waals surface area contributed by atoms with E-state index in [1.165, 1.54) is 0 Å². The highest BCUT2D eigenvalue weighted by Gasteiger charge is 2.34. The van der Waals surface area contributed by atoms with Gasteiger partial charge in [-0.05, 0) is 43.3 Å². The molecule has 0 atom stereocenters. The van der Waals surface area contributed by atoms with Crippen LogP contribution in [0, 0.1) is 0 Å². The van der Waals surface area contributed by atoms with Crippen LogP contribution in [0.2, 0.25) is 0 Å². The smallest absolute Gasteiger partial charge is 0.163 e. The Labute approximate surface area is 144 Å². The van der Waals surface area contributed by atoms with E-state index >= 15 is 0 Å². The second kappa shape index (κ2) is 7.45. The summed E-state index contributed by atoms with van der Waals surface area (Å²) in [6.07, 6.45) is 0. The lowest BCUT2D eigenvalue weighted by molar-refractivity contribution is 0.340. The van der Waals surface area contributed by atoms with Gasteiger partial charge in [-0.2, -0.15) is 0 Å². The van der Waals surface area contributed by atoms with Crippen LogP contribution in [-0.4, -0.2) is 6.61 Å². The fraction of sp³-hybridized carbons (Fsp3) is 0.143. The molecule has 0 saturated carbocycles. The SMILES string of the molecule is CCOc1ccc(C[S+](=O)(c2ccccc2)c2ccccc2)cc1. The minimum absolute atomic E-state index is 0.480. The van der Waals surface area contributed by atoms with Crippen molar-refractivity contribution in [1.29, 1.82) is 0 Å². The topological polar surface area (TPSA) is 26.3 Å². The first-order valence-electron chi connectivity index (χ1n) is 8.06. The van der Waals surface area contributed by atoms with E-state index < -0.39 is 9.93 Å². The van der Waals surface area contributed by atoms with Crippen molar-refractivity contribution >= 4 is 9.93 Å². The Morgan fingerprint density at radius 1 is 0.750 bits per heavy atom. The molecule has 0 aliphatic carbocycles. The number of rotatable bonds is 6. The zero-order valence-corrected chi connectivity index (χ0v) is 14.5. The standard InChI is InChI=1S/C21H21O2S/c1-2-23-19-15-13-18(14-16-19)17-24(22,20-9-5-3-6-10-20)21-11-7-4-8-12-21/h3-16H,2,17H2,1H3/q+1. The van der Waals surface area contributed by atoms with Gasteiger partial charge < -0.3 is 4.74 Å². The number of hydrogen-bond acceptors (Lipinski definition) is 2. The van der Waals surface area contributed by atoms with Gasteiger partial charge in [0.1, 0.15) is 11.5 Å². The Balaban J connectivity index is 1.98. The Kier molecular flexibility index (Phi) is 5.11. The van der Waals surface area contributed by atoms with Crippen molar-refractivity contribution in [3.63, 3.8) is 0 Å². The predicted octanol–water partition coefficient (Wildman–Crippen LogP) is 5.20. The normalized spacial score (nSPS) is 11.2. The van der Waals surface area contributed by atoms with Crippen LogP contribution in [0.15, 0.2) is 94.7 Å². The van der Waals surface area contributed by atoms with Gasteiger partial charge in [-0.1, -0.05) is 52.7 Å². The van der Waals surface area contributed by atoms with Gasteiger partial charge in [0.15, 0.2) is 19.7 Å². The largest absolute Gasteiger partial charge is 0.494 e. The maximum atomic E-state index is 13.9. The summed E-state index contributed by atoms with van der Waals surface area (Å²) in [4.78, 5) is 1.73. The maximum Gasteiger partial charge on any atom is 0.163 e. The molecule has 0 spiro atoms. The molecule has 24 heavy (non-hydrogen) atoms. The molecule has 0 N–H and O–H groups in total. The summed E-state index contributed by atoms with van der Waals surface area (Å²) in [5.74, 6) is 1.32. The van der Waals surface area contributed by atoms with Gasteiger partial charge in [0.05, 0.1) is 6.61 Å². The van der Waals surface area contributed by atoms with E-state index in [0.29, 0.717) is 12.4 Å². The van der Waals surface area contributed by atoms with E-state index in [-0.39, 0.29) is 0 Å². The molecule has 122 valence electrons. The highest BCUT2D eigenvalue weighted by atomic mass is 32.2. The number of benzene rings is 3. The summed E-state index contributed by atoms with van der Waals surface area (Å²) in [5, 5.41) is 0. The molecule has 0 amide bonds. The lowest BCUT2D eigenvalue weighted by atomic mass is 10.2. The summed E-state index contributed by atoms with van der Waals surface area (Å²) in [6.45, 7) is 2.61. The predicted molar refractivity (Wildman–Crippen MR) is 98.8 cm³/mol. The Morgan fingerprint density at radius 3 is 1.71 bits per heavy atom. The zero-order chi connectivity index (χ0) is 16.8. The Bertz CT molecular complexity index is 768. The summed E-state index contributed by atoms with van der Waals surface area (Å²) >= 11 is 0. The first-order valence-corrected chi connectivity index (χ1v) is 9.79. The van der Waals surface area contributed by atoms with E-state index in [2.05, 4.69) is 0 Å². The molecule has 0 fully saturated rings. The number of hydrogen-bond donors (Lipinski definition) is 0. The molecule has 3 heteroatoms. The van der Waals surface area contributed by atoms with Crippen LogP contribution >= 0.6 is 0 Å². The number of ether oxygens (including phenoxy) is 1. The van der Waals surface area contributed by atoms with Gasteiger partial charge in [0.2, 0.25) is 0 Å². The quantitative estimate of drug-likeness (QED) is 0.578. The third-order valence-corrected chi connectivity index (χ3v) is 6.66. The first-order chi connectivity index (χ1) is 11.7. The third kappa shape index (κ3) is 3.57. The van der Waals surface area contributed by atoms with Crippen LogP contribution in [0.1, 0.15) is 12.5 Å². The third-order valence-electron chi connectivity index (χ3n) is 3.85. The van der Waals surface area contributed by atoms with E-state index in [1.807, 2.05) is 91.9 Å². The average Bonchev–Trinajstić information content (AvgIpc) is 2.65. The molecule has 3 aromatic carbocycles. The van der Waals surface area contributed by atoms with Crippen molar-refractivity contribution in [3.05, 3.63) is 90.5 Å². The molecule has 2 nitrogen and oxygen atoms in total. The lowest BCUT2D eigenvalue weighted by Gasteiger charge is -2.13. The summed E-state index contributed by atoms with van der Waals surface area (Å²) < 4.78 is 19.4. The van der Waals surface area contributed by atoms with Crippen LogP contribution in [-0.2, 0) is 19.9 Å². The molecule has 0 aromatic heterocycles. The van der Waals surface area contributed by atoms with Crippen molar-refractivity contribution in [3.8, 4) is 5.75 Å². The first kappa shape index (κ1) is 16.5. The molecule has 0 heterocycles.